The van der Waals surface area contributed by atoms with Gasteiger partial charge in [-0.25, -0.2) is 13.2 Å². The molecule has 1 N–H and O–H groups in total. The first kappa shape index (κ1) is 18.1. The van der Waals surface area contributed by atoms with Gasteiger partial charge >= 0.3 is 6.09 Å². The van der Waals surface area contributed by atoms with Gasteiger partial charge in [0, 0.05) is 11.4 Å². The SMILES string of the molecule is COc1cc(C)c(C)cc1S(=O)(=O)Nc1ccc(N2CCOC2=O)cc1. The normalized spacial score (nSPS) is 14.3. The molecule has 0 aliphatic carbocycles. The van der Waals surface area contributed by atoms with Crippen molar-refractivity contribution in [1.29, 1.82) is 0 Å². The molecule has 1 aliphatic heterocycles. The van der Waals surface area contributed by atoms with Crippen LogP contribution in [-0.4, -0.2) is 34.8 Å². The Hall–Kier alpha value is -2.74. The van der Waals surface area contributed by atoms with E-state index in [4.69, 9.17) is 9.47 Å². The number of cyclic esters (lactones) is 1. The highest BCUT2D eigenvalue weighted by Crippen LogP contribution is 2.29. The number of benzene rings is 2. The van der Waals surface area contributed by atoms with Crippen molar-refractivity contribution in [2.45, 2.75) is 18.7 Å². The molecule has 1 saturated heterocycles. The Balaban J connectivity index is 1.86. The molecule has 0 unspecified atom stereocenters. The van der Waals surface area contributed by atoms with Crippen molar-refractivity contribution in [3.05, 3.63) is 47.5 Å². The molecule has 2 aromatic rings. The number of anilines is 2. The third-order valence-electron chi connectivity index (χ3n) is 4.26. The average Bonchev–Trinajstić information content (AvgIpc) is 3.03. The zero-order valence-electron chi connectivity index (χ0n) is 14.8. The minimum Gasteiger partial charge on any atom is -0.495 e. The molecule has 1 fully saturated rings. The van der Waals surface area contributed by atoms with E-state index in [0.717, 1.165) is 11.1 Å². The Morgan fingerprint density at radius 2 is 1.77 bits per heavy atom. The fourth-order valence-corrected chi connectivity index (χ4v) is 3.98. The number of sulfonamides is 1. The molecule has 138 valence electrons. The van der Waals surface area contributed by atoms with Crippen molar-refractivity contribution in [3.63, 3.8) is 0 Å². The van der Waals surface area contributed by atoms with Gasteiger partial charge in [-0.15, -0.1) is 0 Å². The van der Waals surface area contributed by atoms with Crippen LogP contribution in [0, 0.1) is 13.8 Å². The van der Waals surface area contributed by atoms with Gasteiger partial charge in [0.05, 0.1) is 13.7 Å². The first-order valence-electron chi connectivity index (χ1n) is 8.04. The van der Waals surface area contributed by atoms with E-state index in [0.29, 0.717) is 24.5 Å². The fourth-order valence-electron chi connectivity index (χ4n) is 2.68. The molecule has 0 saturated carbocycles. The lowest BCUT2D eigenvalue weighted by molar-refractivity contribution is 0.181. The fraction of sp³-hybridized carbons (Fsp3) is 0.278. The summed E-state index contributed by atoms with van der Waals surface area (Å²) in [6.07, 6.45) is -0.404. The first-order chi connectivity index (χ1) is 12.3. The molecule has 7 nitrogen and oxygen atoms in total. The van der Waals surface area contributed by atoms with Crippen LogP contribution in [-0.2, 0) is 14.8 Å². The second-order valence-electron chi connectivity index (χ2n) is 6.01. The molecule has 0 radical (unpaired) electrons. The Kier molecular flexibility index (Phi) is 4.78. The highest BCUT2D eigenvalue weighted by Gasteiger charge is 2.24. The predicted molar refractivity (Wildman–Crippen MR) is 98.4 cm³/mol. The highest BCUT2D eigenvalue weighted by atomic mass is 32.2. The van der Waals surface area contributed by atoms with E-state index in [9.17, 15) is 13.2 Å². The molecule has 1 amide bonds. The van der Waals surface area contributed by atoms with Gasteiger partial charge in [-0.2, -0.15) is 0 Å². The van der Waals surface area contributed by atoms with Crippen molar-refractivity contribution in [1.82, 2.24) is 0 Å². The van der Waals surface area contributed by atoms with Crippen molar-refractivity contribution < 1.29 is 22.7 Å². The Morgan fingerprint density at radius 1 is 1.12 bits per heavy atom. The van der Waals surface area contributed by atoms with Crippen molar-refractivity contribution in [3.8, 4) is 5.75 Å². The largest absolute Gasteiger partial charge is 0.495 e. The summed E-state index contributed by atoms with van der Waals surface area (Å²) in [6, 6.07) is 9.83. The number of hydrogen-bond acceptors (Lipinski definition) is 5. The topological polar surface area (TPSA) is 84.9 Å². The van der Waals surface area contributed by atoms with Crippen LogP contribution in [0.4, 0.5) is 16.2 Å². The number of nitrogens with one attached hydrogen (secondary N) is 1. The zero-order chi connectivity index (χ0) is 18.9. The standard InChI is InChI=1S/C18H20N2O5S/c1-12-10-16(24-3)17(11-13(12)2)26(22,23)19-14-4-6-15(7-5-14)20-8-9-25-18(20)21/h4-7,10-11,19H,8-9H2,1-3H3. The van der Waals surface area contributed by atoms with Crippen molar-refractivity contribution in [2.24, 2.45) is 0 Å². The number of carbonyl (C=O) groups is 1. The minimum absolute atomic E-state index is 0.0790. The van der Waals surface area contributed by atoms with E-state index in [-0.39, 0.29) is 10.6 Å². The summed E-state index contributed by atoms with van der Waals surface area (Å²) in [5.74, 6) is 0.289. The summed E-state index contributed by atoms with van der Waals surface area (Å²) in [6.45, 7) is 4.56. The van der Waals surface area contributed by atoms with Crippen LogP contribution in [0.5, 0.6) is 5.75 Å². The molecule has 0 bridgehead atoms. The highest BCUT2D eigenvalue weighted by molar-refractivity contribution is 7.92. The van der Waals surface area contributed by atoms with E-state index >= 15 is 0 Å². The van der Waals surface area contributed by atoms with Gasteiger partial charge in [0.25, 0.3) is 10.0 Å². The van der Waals surface area contributed by atoms with E-state index < -0.39 is 16.1 Å². The van der Waals surface area contributed by atoms with Gasteiger partial charge in [-0.1, -0.05) is 0 Å². The number of amides is 1. The summed E-state index contributed by atoms with van der Waals surface area (Å²) in [7, 11) is -2.38. The average molecular weight is 376 g/mol. The van der Waals surface area contributed by atoms with Gasteiger partial charge < -0.3 is 9.47 Å². The molecule has 0 atom stereocenters. The number of methoxy groups -OCH3 is 1. The molecule has 2 aromatic carbocycles. The van der Waals surface area contributed by atoms with Crippen molar-refractivity contribution in [2.75, 3.05) is 29.9 Å². The van der Waals surface area contributed by atoms with Gasteiger partial charge in [0.2, 0.25) is 0 Å². The molecule has 0 spiro atoms. The van der Waals surface area contributed by atoms with Crippen LogP contribution in [0.2, 0.25) is 0 Å². The lowest BCUT2D eigenvalue weighted by Crippen LogP contribution is -2.23. The molecule has 1 heterocycles. The number of hydrogen-bond donors (Lipinski definition) is 1. The lowest BCUT2D eigenvalue weighted by Gasteiger charge is -2.15. The minimum atomic E-state index is -3.82. The summed E-state index contributed by atoms with van der Waals surface area (Å²) >= 11 is 0. The summed E-state index contributed by atoms with van der Waals surface area (Å²) in [5, 5.41) is 0. The van der Waals surface area contributed by atoms with E-state index in [1.807, 2.05) is 13.8 Å². The van der Waals surface area contributed by atoms with E-state index in [2.05, 4.69) is 4.72 Å². The van der Waals surface area contributed by atoms with Crippen molar-refractivity contribution >= 4 is 27.5 Å². The number of nitrogens with zero attached hydrogens (tertiary/aromatic N) is 1. The van der Waals surface area contributed by atoms with Gasteiger partial charge in [0.15, 0.2) is 0 Å². The predicted octanol–water partition coefficient (Wildman–Crippen LogP) is 3.07. The maximum absolute atomic E-state index is 12.8. The molecular formula is C18H20N2O5S. The maximum Gasteiger partial charge on any atom is 0.414 e. The summed E-state index contributed by atoms with van der Waals surface area (Å²) < 4.78 is 38.2. The van der Waals surface area contributed by atoms with Crippen LogP contribution in [0.3, 0.4) is 0 Å². The first-order valence-corrected chi connectivity index (χ1v) is 9.52. The molecule has 0 aromatic heterocycles. The van der Waals surface area contributed by atoms with Crippen LogP contribution in [0.1, 0.15) is 11.1 Å². The quantitative estimate of drug-likeness (QED) is 0.867. The molecular weight excluding hydrogens is 356 g/mol. The number of ether oxygens (including phenoxy) is 2. The number of aryl methyl sites for hydroxylation is 2. The van der Waals surface area contributed by atoms with Crippen LogP contribution in [0.15, 0.2) is 41.3 Å². The van der Waals surface area contributed by atoms with E-state index in [1.165, 1.54) is 12.0 Å². The third kappa shape index (κ3) is 3.45. The van der Waals surface area contributed by atoms with Gasteiger partial charge in [-0.3, -0.25) is 9.62 Å². The van der Waals surface area contributed by atoms with Crippen LogP contribution >= 0.6 is 0 Å². The summed E-state index contributed by atoms with van der Waals surface area (Å²) in [5.41, 5.74) is 2.84. The molecule has 26 heavy (non-hydrogen) atoms. The smallest absolute Gasteiger partial charge is 0.414 e. The number of rotatable bonds is 5. The maximum atomic E-state index is 12.8. The van der Waals surface area contributed by atoms with E-state index in [1.54, 1.807) is 36.4 Å². The van der Waals surface area contributed by atoms with Crippen LogP contribution < -0.4 is 14.4 Å². The molecule has 8 heteroatoms. The Labute approximate surface area is 152 Å². The van der Waals surface area contributed by atoms with Gasteiger partial charge in [-0.05, 0) is 61.4 Å². The van der Waals surface area contributed by atoms with Crippen LogP contribution in [0.25, 0.3) is 0 Å². The lowest BCUT2D eigenvalue weighted by atomic mass is 10.1. The molecule has 3 rings (SSSR count). The Bertz CT molecular complexity index is 939. The molecule has 1 aliphatic rings. The van der Waals surface area contributed by atoms with Gasteiger partial charge in [0.1, 0.15) is 17.3 Å². The summed E-state index contributed by atoms with van der Waals surface area (Å²) in [4.78, 5) is 13.2. The third-order valence-corrected chi connectivity index (χ3v) is 5.66. The second kappa shape index (κ2) is 6.87. The zero-order valence-corrected chi connectivity index (χ0v) is 15.6. The second-order valence-corrected chi connectivity index (χ2v) is 7.66. The number of carbonyl (C=O) groups excluding carboxylic acids is 1. The monoisotopic (exact) mass is 376 g/mol. The Morgan fingerprint density at radius 3 is 2.35 bits per heavy atom.